The van der Waals surface area contributed by atoms with E-state index in [0.717, 1.165) is 23.4 Å². The number of likely N-dealkylation sites (tertiary alicyclic amines) is 1. The maximum Gasteiger partial charge on any atom is 0.0994 e. The van der Waals surface area contributed by atoms with Crippen molar-refractivity contribution in [1.82, 2.24) is 4.90 Å². The number of nitriles is 1. The maximum atomic E-state index is 8.90. The smallest absolute Gasteiger partial charge is 0.0994 e. The van der Waals surface area contributed by atoms with Gasteiger partial charge in [-0.2, -0.15) is 5.26 Å². The first kappa shape index (κ1) is 12.9. The van der Waals surface area contributed by atoms with E-state index < -0.39 is 0 Å². The Balaban J connectivity index is 1.94. The lowest BCUT2D eigenvalue weighted by molar-refractivity contribution is 0.194. The van der Waals surface area contributed by atoms with E-state index in [-0.39, 0.29) is 0 Å². The van der Waals surface area contributed by atoms with Crippen LogP contribution in [0.5, 0.6) is 0 Å². The third-order valence-corrected chi connectivity index (χ3v) is 3.81. The van der Waals surface area contributed by atoms with Crippen molar-refractivity contribution in [1.29, 1.82) is 5.26 Å². The molecule has 1 fully saturated rings. The van der Waals surface area contributed by atoms with E-state index in [1.165, 1.54) is 25.8 Å². The molecule has 2 rings (SSSR count). The molecule has 0 aliphatic carbocycles. The predicted molar refractivity (Wildman–Crippen MR) is 74.7 cm³/mol. The summed E-state index contributed by atoms with van der Waals surface area (Å²) in [5, 5.41) is 12.4. The molecule has 0 amide bonds. The number of anilines is 1. The van der Waals surface area contributed by atoms with Crippen molar-refractivity contribution >= 4 is 5.69 Å². The summed E-state index contributed by atoms with van der Waals surface area (Å²) in [4.78, 5) is 2.44. The number of hydrogen-bond donors (Lipinski definition) is 1. The van der Waals surface area contributed by atoms with Gasteiger partial charge in [0, 0.05) is 18.3 Å². The maximum absolute atomic E-state index is 8.90. The number of nitrogens with zero attached hydrogens (tertiary/aromatic N) is 2. The Labute approximate surface area is 109 Å². The third-order valence-electron chi connectivity index (χ3n) is 3.81. The molecule has 1 atom stereocenters. The molecule has 1 unspecified atom stereocenters. The van der Waals surface area contributed by atoms with Crippen LogP contribution in [0, 0.1) is 18.3 Å². The molecule has 0 radical (unpaired) electrons. The van der Waals surface area contributed by atoms with Gasteiger partial charge in [-0.25, -0.2) is 0 Å². The van der Waals surface area contributed by atoms with E-state index in [0.29, 0.717) is 6.04 Å². The summed E-state index contributed by atoms with van der Waals surface area (Å²) in [6.07, 6.45) is 3.94. The number of hydrogen-bond acceptors (Lipinski definition) is 3. The Morgan fingerprint density at radius 3 is 2.94 bits per heavy atom. The summed E-state index contributed by atoms with van der Waals surface area (Å²) >= 11 is 0. The SMILES string of the molecule is Cc1cc(NCC2CCCCN2C)ccc1C#N. The van der Waals surface area contributed by atoms with Crippen LogP contribution >= 0.6 is 0 Å². The van der Waals surface area contributed by atoms with Crippen LogP contribution in [0.15, 0.2) is 18.2 Å². The Hall–Kier alpha value is -1.53. The summed E-state index contributed by atoms with van der Waals surface area (Å²) in [5.41, 5.74) is 2.92. The minimum absolute atomic E-state index is 0.634. The molecule has 0 aromatic heterocycles. The molecule has 3 heteroatoms. The molecule has 1 aliphatic heterocycles. The summed E-state index contributed by atoms with van der Waals surface area (Å²) < 4.78 is 0. The Morgan fingerprint density at radius 2 is 2.28 bits per heavy atom. The topological polar surface area (TPSA) is 39.1 Å². The molecule has 0 bridgehead atoms. The highest BCUT2D eigenvalue weighted by Gasteiger charge is 2.18. The molecule has 1 aromatic carbocycles. The lowest BCUT2D eigenvalue weighted by atomic mass is 10.0. The van der Waals surface area contributed by atoms with E-state index in [1.807, 2.05) is 19.1 Å². The normalized spacial score (nSPS) is 20.4. The molecule has 0 spiro atoms. The van der Waals surface area contributed by atoms with Gasteiger partial charge in [0.2, 0.25) is 0 Å². The van der Waals surface area contributed by atoms with Gasteiger partial charge in [-0.1, -0.05) is 6.42 Å². The van der Waals surface area contributed by atoms with Gasteiger partial charge < -0.3 is 10.2 Å². The Morgan fingerprint density at radius 1 is 1.44 bits per heavy atom. The number of likely N-dealkylation sites (N-methyl/N-ethyl adjacent to an activating group) is 1. The standard InChI is InChI=1S/C15H21N3/c1-12-9-14(7-6-13(12)10-16)17-11-15-5-3-4-8-18(15)2/h6-7,9,15,17H,3-5,8,11H2,1-2H3. The second-order valence-electron chi connectivity index (χ2n) is 5.15. The van der Waals surface area contributed by atoms with E-state index in [9.17, 15) is 0 Å². The van der Waals surface area contributed by atoms with E-state index >= 15 is 0 Å². The lowest BCUT2D eigenvalue weighted by Gasteiger charge is -2.32. The van der Waals surface area contributed by atoms with E-state index in [2.05, 4.69) is 29.4 Å². The van der Waals surface area contributed by atoms with Gasteiger partial charge in [-0.3, -0.25) is 0 Å². The zero-order valence-electron chi connectivity index (χ0n) is 11.2. The number of rotatable bonds is 3. The fraction of sp³-hybridized carbons (Fsp3) is 0.533. The number of piperidine rings is 1. The van der Waals surface area contributed by atoms with Gasteiger partial charge >= 0.3 is 0 Å². The molecule has 0 saturated carbocycles. The van der Waals surface area contributed by atoms with Crippen LogP contribution in [0.25, 0.3) is 0 Å². The summed E-state index contributed by atoms with van der Waals surface area (Å²) in [7, 11) is 2.20. The van der Waals surface area contributed by atoms with Crippen molar-refractivity contribution in [2.45, 2.75) is 32.2 Å². The van der Waals surface area contributed by atoms with Crippen molar-refractivity contribution in [2.24, 2.45) is 0 Å². The fourth-order valence-corrected chi connectivity index (χ4v) is 2.54. The molecular weight excluding hydrogens is 222 g/mol. The van der Waals surface area contributed by atoms with Crippen LogP contribution in [0.1, 0.15) is 30.4 Å². The van der Waals surface area contributed by atoms with Gasteiger partial charge in [0.25, 0.3) is 0 Å². The largest absolute Gasteiger partial charge is 0.383 e. The molecule has 1 aromatic rings. The van der Waals surface area contributed by atoms with Crippen LogP contribution in [0.2, 0.25) is 0 Å². The second kappa shape index (κ2) is 5.88. The van der Waals surface area contributed by atoms with Crippen LogP contribution in [-0.4, -0.2) is 31.1 Å². The zero-order chi connectivity index (χ0) is 13.0. The molecule has 18 heavy (non-hydrogen) atoms. The van der Waals surface area contributed by atoms with Crippen LogP contribution in [-0.2, 0) is 0 Å². The van der Waals surface area contributed by atoms with Crippen molar-refractivity contribution < 1.29 is 0 Å². The van der Waals surface area contributed by atoms with Gasteiger partial charge in [-0.15, -0.1) is 0 Å². The minimum Gasteiger partial charge on any atom is -0.383 e. The van der Waals surface area contributed by atoms with Crippen LogP contribution in [0.3, 0.4) is 0 Å². The highest BCUT2D eigenvalue weighted by atomic mass is 15.2. The van der Waals surface area contributed by atoms with Gasteiger partial charge in [-0.05, 0) is 57.1 Å². The second-order valence-corrected chi connectivity index (χ2v) is 5.15. The molecule has 96 valence electrons. The van der Waals surface area contributed by atoms with Gasteiger partial charge in [0.05, 0.1) is 11.6 Å². The first-order valence-electron chi connectivity index (χ1n) is 6.65. The van der Waals surface area contributed by atoms with Crippen molar-refractivity contribution in [3.8, 4) is 6.07 Å². The van der Waals surface area contributed by atoms with Crippen LogP contribution in [0.4, 0.5) is 5.69 Å². The first-order chi connectivity index (χ1) is 8.70. The number of benzene rings is 1. The Bertz CT molecular complexity index is 448. The van der Waals surface area contributed by atoms with Crippen LogP contribution < -0.4 is 5.32 Å². The van der Waals surface area contributed by atoms with Crippen molar-refractivity contribution in [3.63, 3.8) is 0 Å². The van der Waals surface area contributed by atoms with E-state index in [4.69, 9.17) is 5.26 Å². The Kier molecular flexibility index (Phi) is 4.22. The lowest BCUT2D eigenvalue weighted by Crippen LogP contribution is -2.40. The molecule has 3 nitrogen and oxygen atoms in total. The third kappa shape index (κ3) is 3.02. The molecule has 1 aliphatic rings. The first-order valence-corrected chi connectivity index (χ1v) is 6.65. The average molecular weight is 243 g/mol. The molecular formula is C15H21N3. The van der Waals surface area contributed by atoms with Crippen molar-refractivity contribution in [2.75, 3.05) is 25.5 Å². The number of nitrogens with one attached hydrogen (secondary N) is 1. The summed E-state index contributed by atoms with van der Waals surface area (Å²) in [5.74, 6) is 0. The van der Waals surface area contributed by atoms with Gasteiger partial charge in [0.15, 0.2) is 0 Å². The van der Waals surface area contributed by atoms with Crippen molar-refractivity contribution in [3.05, 3.63) is 29.3 Å². The average Bonchev–Trinajstić information content (AvgIpc) is 2.38. The highest BCUT2D eigenvalue weighted by Crippen LogP contribution is 2.18. The van der Waals surface area contributed by atoms with Gasteiger partial charge in [0.1, 0.15) is 0 Å². The monoisotopic (exact) mass is 243 g/mol. The molecule has 1 saturated heterocycles. The summed E-state index contributed by atoms with van der Waals surface area (Å²) in [6, 6.07) is 8.78. The predicted octanol–water partition coefficient (Wildman–Crippen LogP) is 2.76. The zero-order valence-corrected chi connectivity index (χ0v) is 11.2. The number of aryl methyl sites for hydroxylation is 1. The quantitative estimate of drug-likeness (QED) is 0.887. The highest BCUT2D eigenvalue weighted by molar-refractivity contribution is 5.51. The van der Waals surface area contributed by atoms with E-state index in [1.54, 1.807) is 0 Å². The molecule has 1 heterocycles. The summed E-state index contributed by atoms with van der Waals surface area (Å²) in [6.45, 7) is 4.18. The minimum atomic E-state index is 0.634. The molecule has 1 N–H and O–H groups in total. The fourth-order valence-electron chi connectivity index (χ4n) is 2.54.